The van der Waals surface area contributed by atoms with Gasteiger partial charge in [-0.3, -0.25) is 4.57 Å². The van der Waals surface area contributed by atoms with Gasteiger partial charge in [-0.05, 0) is 127 Å². The van der Waals surface area contributed by atoms with Crippen LogP contribution in [0.3, 0.4) is 0 Å². The Bertz CT molecular complexity index is 4290. The fourth-order valence-corrected chi connectivity index (χ4v) is 11.5. The fraction of sp³-hybridized carbons (Fsp3) is 0.181. The molecule has 6 nitrogen and oxygen atoms in total. The molecule has 13 rings (SSSR count). The third-order valence-electron chi connectivity index (χ3n) is 15.8. The van der Waals surface area contributed by atoms with Gasteiger partial charge in [0.05, 0.1) is 28.0 Å². The average molecular weight is 1020 g/mol. The van der Waals surface area contributed by atoms with Crippen LogP contribution >= 0.6 is 0 Å². The van der Waals surface area contributed by atoms with Crippen molar-refractivity contribution in [2.45, 2.75) is 78.6 Å². The summed E-state index contributed by atoms with van der Waals surface area (Å²) in [6.45, 7) is 21.0. The van der Waals surface area contributed by atoms with Crippen molar-refractivity contribution in [3.05, 3.63) is 229 Å². The summed E-state index contributed by atoms with van der Waals surface area (Å²) >= 11 is 0. The van der Waals surface area contributed by atoms with Crippen molar-refractivity contribution in [1.82, 2.24) is 9.55 Å². The molecule has 4 heterocycles. The molecule has 12 aromatic rings. The molecule has 1 aliphatic rings. The van der Waals surface area contributed by atoms with E-state index in [0.717, 1.165) is 89.4 Å². The molecule has 0 fully saturated rings. The summed E-state index contributed by atoms with van der Waals surface area (Å²) in [4.78, 5) is 10.0. The Kier molecular flexibility index (Phi) is 11.5. The molecule has 0 N–H and O–H groups in total. The van der Waals surface area contributed by atoms with E-state index >= 15 is 0 Å². The number of hydrogen-bond acceptors (Lipinski definition) is 5. The fourth-order valence-electron chi connectivity index (χ4n) is 11.5. The lowest BCUT2D eigenvalue weighted by Crippen LogP contribution is -2.25. The maximum atomic E-state index is 7.16. The lowest BCUT2D eigenvalue weighted by molar-refractivity contribution is 0.479. The van der Waals surface area contributed by atoms with E-state index in [0.29, 0.717) is 6.67 Å². The van der Waals surface area contributed by atoms with Crippen LogP contribution in [0.1, 0.15) is 79.0 Å². The molecule has 0 saturated carbocycles. The predicted octanol–water partition coefficient (Wildman–Crippen LogP) is 20.0. The molecule has 78 heavy (non-hydrogen) atoms. The number of ether oxygens (including phenoxy) is 1. The van der Waals surface area contributed by atoms with Crippen molar-refractivity contribution in [1.29, 1.82) is 0 Å². The van der Waals surface area contributed by atoms with Crippen molar-refractivity contribution in [2.24, 2.45) is 0 Å². The van der Waals surface area contributed by atoms with Gasteiger partial charge < -0.3 is 19.0 Å². The Morgan fingerprint density at radius 1 is 0.462 bits per heavy atom. The van der Waals surface area contributed by atoms with Gasteiger partial charge in [-0.15, -0.1) is 0 Å². The Morgan fingerprint density at radius 2 is 1.10 bits per heavy atom. The van der Waals surface area contributed by atoms with E-state index < -0.39 is 0 Å². The van der Waals surface area contributed by atoms with Crippen LogP contribution in [0, 0.1) is 0 Å². The molecule has 384 valence electrons. The van der Waals surface area contributed by atoms with Gasteiger partial charge in [-0.25, -0.2) is 4.98 Å². The largest absolute Gasteiger partial charge is 0.457 e. The van der Waals surface area contributed by atoms with E-state index in [1.54, 1.807) is 0 Å². The molecule has 1 aliphatic heterocycles. The van der Waals surface area contributed by atoms with Gasteiger partial charge >= 0.3 is 0 Å². The number of furan rings is 1. The van der Waals surface area contributed by atoms with Gasteiger partial charge in [0.2, 0.25) is 0 Å². The zero-order chi connectivity index (χ0) is 53.7. The smallest absolute Gasteiger partial charge is 0.161 e. The quantitative estimate of drug-likeness (QED) is 0.152. The maximum absolute atomic E-state index is 7.16. The zero-order valence-electron chi connectivity index (χ0n) is 46.0. The number of rotatable bonds is 8. The summed E-state index contributed by atoms with van der Waals surface area (Å²) < 4.78 is 16.3. The van der Waals surface area contributed by atoms with Crippen LogP contribution in [0.4, 0.5) is 22.7 Å². The summed E-state index contributed by atoms with van der Waals surface area (Å²) in [6, 6.07) is 74.7. The second-order valence-electron chi connectivity index (χ2n) is 24.1. The molecule has 9 aromatic carbocycles. The van der Waals surface area contributed by atoms with E-state index in [2.05, 4.69) is 283 Å². The highest BCUT2D eigenvalue weighted by molar-refractivity contribution is 6.24. The molecule has 0 saturated heterocycles. The second-order valence-corrected chi connectivity index (χ2v) is 24.1. The van der Waals surface area contributed by atoms with Crippen LogP contribution in [0.2, 0.25) is 0 Å². The summed E-state index contributed by atoms with van der Waals surface area (Å²) in [6.07, 6.45) is 1.93. The average Bonchev–Trinajstić information content (AvgIpc) is 4.28. The molecule has 3 aromatic heterocycles. The van der Waals surface area contributed by atoms with Gasteiger partial charge in [-0.1, -0.05) is 196 Å². The van der Waals surface area contributed by atoms with Crippen molar-refractivity contribution in [3.8, 4) is 50.7 Å². The highest BCUT2D eigenvalue weighted by atomic mass is 16.5. The van der Waals surface area contributed by atoms with Crippen LogP contribution in [0.25, 0.3) is 82.9 Å². The van der Waals surface area contributed by atoms with Crippen molar-refractivity contribution in [2.75, 3.05) is 16.5 Å². The lowest BCUT2D eigenvalue weighted by Gasteiger charge is -2.29. The number of aromatic nitrogens is 2. The van der Waals surface area contributed by atoms with Crippen molar-refractivity contribution >= 4 is 66.5 Å². The molecule has 0 spiro atoms. The molecule has 0 unspecified atom stereocenters. The summed E-state index contributed by atoms with van der Waals surface area (Å²) in [5.74, 6) is 2.32. The first-order valence-electron chi connectivity index (χ1n) is 27.3. The Labute approximate surface area is 457 Å². The summed E-state index contributed by atoms with van der Waals surface area (Å²) in [7, 11) is 0. The van der Waals surface area contributed by atoms with Gasteiger partial charge in [0, 0.05) is 40.5 Å². The minimum atomic E-state index is -0.189. The number of fused-ring (bicyclic) bond motifs is 8. The minimum Gasteiger partial charge on any atom is -0.457 e. The van der Waals surface area contributed by atoms with Gasteiger partial charge in [0.15, 0.2) is 5.58 Å². The highest BCUT2D eigenvalue weighted by Crippen LogP contribution is 2.52. The van der Waals surface area contributed by atoms with Crippen LogP contribution in [-0.4, -0.2) is 16.2 Å². The van der Waals surface area contributed by atoms with Gasteiger partial charge in [0.25, 0.3) is 0 Å². The molecule has 0 bridgehead atoms. The highest BCUT2D eigenvalue weighted by Gasteiger charge is 2.33. The number of benzene rings is 9. The molecule has 0 amide bonds. The number of anilines is 4. The predicted molar refractivity (Wildman–Crippen MR) is 327 cm³/mol. The topological polar surface area (TPSA) is 46.7 Å². The molecule has 0 radical (unpaired) electrons. The van der Waals surface area contributed by atoms with Crippen molar-refractivity contribution in [3.63, 3.8) is 0 Å². The van der Waals surface area contributed by atoms with Gasteiger partial charge in [0.1, 0.15) is 35.1 Å². The maximum Gasteiger partial charge on any atom is 0.161 e. The third-order valence-corrected chi connectivity index (χ3v) is 15.8. The number of hydrogen-bond donors (Lipinski definition) is 0. The van der Waals surface area contributed by atoms with Crippen LogP contribution < -0.4 is 14.5 Å². The molecule has 0 atom stereocenters. The van der Waals surface area contributed by atoms with Crippen LogP contribution in [0.5, 0.6) is 11.5 Å². The number of pyridine rings is 1. The normalized spacial score (nSPS) is 13.1. The van der Waals surface area contributed by atoms with E-state index in [9.17, 15) is 0 Å². The van der Waals surface area contributed by atoms with E-state index in [4.69, 9.17) is 14.1 Å². The molecule has 0 aliphatic carbocycles. The van der Waals surface area contributed by atoms with E-state index in [1.165, 1.54) is 44.5 Å². The monoisotopic (exact) mass is 1020 g/mol. The Hall–Kier alpha value is -8.87. The van der Waals surface area contributed by atoms with Crippen molar-refractivity contribution < 1.29 is 9.15 Å². The summed E-state index contributed by atoms with van der Waals surface area (Å²) in [5.41, 5.74) is 18.6. The Morgan fingerprint density at radius 3 is 1.86 bits per heavy atom. The first kappa shape index (κ1) is 48.8. The van der Waals surface area contributed by atoms with Crippen LogP contribution in [-0.2, 0) is 16.2 Å². The molecular weight excluding hydrogens is 953 g/mol. The van der Waals surface area contributed by atoms with Crippen LogP contribution in [0.15, 0.2) is 217 Å². The number of para-hydroxylation sites is 3. The van der Waals surface area contributed by atoms with E-state index in [-0.39, 0.29) is 16.2 Å². The standard InChI is InChI=1S/C72H64N4O2/c1-70(2,3)51-26-18-25-50(39-51)59-29-19-28-58(49-24-17-23-48(38-49)46-20-11-10-12-21-46)67(59)75-45-74(61-30-15-16-31-62(61)75)54-40-53(72(7,8)9)41-56(43-54)77-55-33-34-60-63(44-55)76(65-42-52(36-37-73-65)71(4,5)6)68-66-57-27-14-13-22-47(57)32-35-64(66)78-69(60)68/h10-44H,45H2,1-9H3. The van der Waals surface area contributed by atoms with Gasteiger partial charge in [-0.2, -0.15) is 0 Å². The molecular formula is C72H64N4O2. The SMILES string of the molecule is CC(C)(C)c1cccc(-c2cccc(-c3cccc(-c4ccccc4)c3)c2N2CN(c3cc(Oc4ccc5c6oc7ccc8ccccc8c7c6n(-c6cc(C(C)(C)C)ccn6)c5c4)cc(C(C)(C)C)c3)c3ccccc32)c1. The molecule has 6 heteroatoms. The van der Waals surface area contributed by atoms with E-state index in [1.807, 2.05) is 6.20 Å². The zero-order valence-corrected chi connectivity index (χ0v) is 46.0. The second kappa shape index (κ2) is 18.4. The summed E-state index contributed by atoms with van der Waals surface area (Å²) in [5, 5.41) is 4.37. The minimum absolute atomic E-state index is 0.0198. The third kappa shape index (κ3) is 8.57. The Balaban J connectivity index is 0.951. The first-order chi connectivity index (χ1) is 37.5. The lowest BCUT2D eigenvalue weighted by atomic mass is 9.85. The number of nitrogens with zero attached hydrogens (tertiary/aromatic N) is 4. The first-order valence-corrected chi connectivity index (χ1v) is 27.3.